The molecule has 0 aliphatic heterocycles. The quantitative estimate of drug-likeness (QED) is 0.365. The van der Waals surface area contributed by atoms with Gasteiger partial charge in [-0.15, -0.1) is 13.1 Å². The van der Waals surface area contributed by atoms with Crippen LogP contribution in [-0.2, 0) is 0 Å². The van der Waals surface area contributed by atoms with E-state index in [4.69, 9.17) is 5.73 Å². The van der Waals surface area contributed by atoms with Crippen LogP contribution in [0.15, 0.2) is 0 Å². The summed E-state index contributed by atoms with van der Waals surface area (Å²) in [5, 5.41) is 4.20. The number of hydrogen-bond donors (Lipinski definition) is 1. The van der Waals surface area contributed by atoms with E-state index in [0.29, 0.717) is 0 Å². The largest absolute Gasteiger partial charge is 1.00 e. The van der Waals surface area contributed by atoms with Gasteiger partial charge in [-0.3, -0.25) is 0 Å². The minimum Gasteiger partial charge on any atom is -0.662 e. The average Bonchev–Trinajstić information content (AvgIpc) is 1.81. The zero-order chi connectivity index (χ0) is 6.24. The van der Waals surface area contributed by atoms with Crippen LogP contribution < -0.4 is 57.1 Å². The first-order valence-electron chi connectivity index (χ1n) is 3.25. The Morgan fingerprint density at radius 1 is 1.33 bits per heavy atom. The third kappa shape index (κ3) is 12.7. The third-order valence-electron chi connectivity index (χ3n) is 0.902. The molecule has 0 saturated heterocycles. The van der Waals surface area contributed by atoms with Crippen LogP contribution in [0.3, 0.4) is 0 Å². The van der Waals surface area contributed by atoms with Gasteiger partial charge in [-0.2, -0.15) is 0 Å². The second-order valence-electron chi connectivity index (χ2n) is 1.81. The molecule has 0 aliphatic rings. The molecule has 0 bridgehead atoms. The Bertz CT molecular complexity index is 36.0. The Kier molecular flexibility index (Phi) is 17.9. The zero-order valence-electron chi connectivity index (χ0n) is 6.56. The molecule has 0 fully saturated rings. The Morgan fingerprint density at radius 3 is 2.44 bits per heavy atom. The number of rotatable bonds is 5. The monoisotopic (exact) mass is 154 g/mol. The minimum atomic E-state index is 0. The summed E-state index contributed by atoms with van der Waals surface area (Å²) in [5.74, 6) is 0. The summed E-state index contributed by atoms with van der Waals surface area (Å²) in [7, 11) is 0. The maximum atomic E-state index is 5.25. The molecule has 0 aromatic carbocycles. The summed E-state index contributed by atoms with van der Waals surface area (Å²) < 4.78 is 0. The molecular formula is C6H15KN2. The maximum Gasteiger partial charge on any atom is 1.00 e. The van der Waals surface area contributed by atoms with Crippen molar-refractivity contribution in [3.05, 3.63) is 5.32 Å². The van der Waals surface area contributed by atoms with Gasteiger partial charge in [0.2, 0.25) is 0 Å². The molecule has 0 amide bonds. The maximum absolute atomic E-state index is 5.25. The van der Waals surface area contributed by atoms with Crippen molar-refractivity contribution in [2.45, 2.75) is 19.8 Å². The fourth-order valence-corrected chi connectivity index (χ4v) is 0.473. The van der Waals surface area contributed by atoms with Crippen molar-refractivity contribution in [3.8, 4) is 0 Å². The normalized spacial score (nSPS) is 8.67. The van der Waals surface area contributed by atoms with Gasteiger partial charge in [-0.1, -0.05) is 19.8 Å². The molecule has 0 spiro atoms. The van der Waals surface area contributed by atoms with E-state index >= 15 is 0 Å². The Balaban J connectivity index is 0. The summed E-state index contributed by atoms with van der Waals surface area (Å²) >= 11 is 0. The fourth-order valence-electron chi connectivity index (χ4n) is 0.473. The predicted octanol–water partition coefficient (Wildman–Crippen LogP) is -1.88. The summed E-state index contributed by atoms with van der Waals surface area (Å²) in [6.07, 6.45) is 2.20. The summed E-state index contributed by atoms with van der Waals surface area (Å²) in [6, 6.07) is 0. The molecule has 2 nitrogen and oxygen atoms in total. The van der Waals surface area contributed by atoms with Crippen LogP contribution in [0, 0.1) is 0 Å². The van der Waals surface area contributed by atoms with Crippen LogP contribution in [-0.4, -0.2) is 19.6 Å². The van der Waals surface area contributed by atoms with Crippen molar-refractivity contribution in [1.82, 2.24) is 0 Å². The minimum absolute atomic E-state index is 0. The number of hydrogen-bond acceptors (Lipinski definition) is 1. The van der Waals surface area contributed by atoms with Gasteiger partial charge < -0.3 is 11.1 Å². The van der Waals surface area contributed by atoms with E-state index in [1.807, 2.05) is 0 Å². The van der Waals surface area contributed by atoms with Crippen LogP contribution in [0.5, 0.6) is 0 Å². The topological polar surface area (TPSA) is 40.1 Å². The van der Waals surface area contributed by atoms with E-state index < -0.39 is 0 Å². The molecule has 0 aliphatic carbocycles. The van der Waals surface area contributed by atoms with E-state index in [0.717, 1.165) is 32.5 Å². The molecule has 0 radical (unpaired) electrons. The van der Waals surface area contributed by atoms with Gasteiger partial charge in [0.05, 0.1) is 0 Å². The van der Waals surface area contributed by atoms with Crippen molar-refractivity contribution in [3.63, 3.8) is 0 Å². The second kappa shape index (κ2) is 12.3. The van der Waals surface area contributed by atoms with E-state index in [-0.39, 0.29) is 51.4 Å². The van der Waals surface area contributed by atoms with E-state index in [9.17, 15) is 0 Å². The first-order chi connectivity index (χ1) is 3.91. The van der Waals surface area contributed by atoms with Gasteiger partial charge in [0.1, 0.15) is 0 Å². The second-order valence-corrected chi connectivity index (χ2v) is 1.81. The van der Waals surface area contributed by atoms with Crippen LogP contribution in [0.4, 0.5) is 0 Å². The fraction of sp³-hybridized carbons (Fsp3) is 1.00. The molecule has 0 rings (SSSR count). The van der Waals surface area contributed by atoms with Gasteiger partial charge in [0, 0.05) is 0 Å². The first-order valence-corrected chi connectivity index (χ1v) is 3.25. The van der Waals surface area contributed by atoms with Crippen molar-refractivity contribution >= 4 is 0 Å². The number of nitrogens with two attached hydrogens (primary N) is 1. The van der Waals surface area contributed by atoms with Crippen molar-refractivity contribution in [2.75, 3.05) is 19.6 Å². The van der Waals surface area contributed by atoms with E-state index in [1.54, 1.807) is 0 Å². The number of nitrogens with zero attached hydrogens (tertiary/aromatic N) is 1. The van der Waals surface area contributed by atoms with Gasteiger partial charge in [0.25, 0.3) is 0 Å². The first kappa shape index (κ1) is 13.2. The summed E-state index contributed by atoms with van der Waals surface area (Å²) in [6.45, 7) is 4.85. The molecular weight excluding hydrogens is 139 g/mol. The standard InChI is InChI=1S/C6H15N2.K/c1-2-5-8-6-3-4-7;/h2-7H2,1H3;/q-1;+1. The third-order valence-corrected chi connectivity index (χ3v) is 0.902. The Morgan fingerprint density at radius 2 is 2.00 bits per heavy atom. The SMILES string of the molecule is CCC[N-]CCCN.[K+]. The predicted molar refractivity (Wildman–Crippen MR) is 37.1 cm³/mol. The van der Waals surface area contributed by atoms with Gasteiger partial charge in [-0.25, -0.2) is 0 Å². The van der Waals surface area contributed by atoms with Crippen molar-refractivity contribution < 1.29 is 51.4 Å². The molecule has 0 unspecified atom stereocenters. The van der Waals surface area contributed by atoms with Crippen LogP contribution in [0.25, 0.3) is 5.32 Å². The van der Waals surface area contributed by atoms with Crippen LogP contribution >= 0.6 is 0 Å². The molecule has 0 saturated carbocycles. The molecule has 9 heavy (non-hydrogen) atoms. The Labute approximate surface area is 100 Å². The van der Waals surface area contributed by atoms with E-state index in [2.05, 4.69) is 12.2 Å². The van der Waals surface area contributed by atoms with Gasteiger partial charge in [-0.05, 0) is 6.54 Å². The summed E-state index contributed by atoms with van der Waals surface area (Å²) in [4.78, 5) is 0. The molecule has 0 aromatic heterocycles. The van der Waals surface area contributed by atoms with Crippen molar-refractivity contribution in [2.24, 2.45) is 5.73 Å². The van der Waals surface area contributed by atoms with Gasteiger partial charge in [0.15, 0.2) is 0 Å². The molecule has 0 aromatic rings. The smallest absolute Gasteiger partial charge is 0.662 e. The summed E-state index contributed by atoms with van der Waals surface area (Å²) in [5.41, 5.74) is 5.25. The molecule has 0 atom stereocenters. The molecule has 0 heterocycles. The van der Waals surface area contributed by atoms with Crippen molar-refractivity contribution in [1.29, 1.82) is 0 Å². The molecule has 2 N–H and O–H groups in total. The van der Waals surface area contributed by atoms with Crippen LogP contribution in [0.1, 0.15) is 19.8 Å². The van der Waals surface area contributed by atoms with Crippen LogP contribution in [0.2, 0.25) is 0 Å². The van der Waals surface area contributed by atoms with Gasteiger partial charge >= 0.3 is 51.4 Å². The zero-order valence-corrected chi connectivity index (χ0v) is 9.68. The Hall–Kier alpha value is 1.56. The van der Waals surface area contributed by atoms with E-state index in [1.165, 1.54) is 0 Å². The molecule has 3 heteroatoms. The molecule has 50 valence electrons. The average molecular weight is 154 g/mol.